The molecule has 0 atom stereocenters. The number of amides is 3. The standard InChI is InChI=1S/C19H16N4O3S2/c24-16(21-22-17(25)14-6-9-20-10-7-14)8-11-23-18(26)15(28-19(23)27)12-13-4-2-1-3-5-13/h1-7,9-10,12H,8,11H2,(H,21,24)(H,22,25)/b15-12-. The van der Waals surface area contributed by atoms with Crippen LogP contribution in [0.4, 0.5) is 0 Å². The second-order valence-electron chi connectivity index (χ2n) is 5.73. The molecule has 1 aliphatic rings. The molecule has 0 aliphatic carbocycles. The van der Waals surface area contributed by atoms with Crippen LogP contribution in [0.25, 0.3) is 6.08 Å². The monoisotopic (exact) mass is 412 g/mol. The zero-order chi connectivity index (χ0) is 19.9. The van der Waals surface area contributed by atoms with Gasteiger partial charge >= 0.3 is 0 Å². The molecule has 28 heavy (non-hydrogen) atoms. The van der Waals surface area contributed by atoms with Gasteiger partial charge in [0.1, 0.15) is 4.32 Å². The summed E-state index contributed by atoms with van der Waals surface area (Å²) in [5.41, 5.74) is 5.92. The van der Waals surface area contributed by atoms with Crippen molar-refractivity contribution in [1.82, 2.24) is 20.7 Å². The number of thioether (sulfide) groups is 1. The van der Waals surface area contributed by atoms with Gasteiger partial charge in [-0.15, -0.1) is 0 Å². The highest BCUT2D eigenvalue weighted by molar-refractivity contribution is 8.26. The average molecular weight is 412 g/mol. The van der Waals surface area contributed by atoms with Gasteiger partial charge in [0, 0.05) is 30.9 Å². The Morgan fingerprint density at radius 2 is 1.82 bits per heavy atom. The molecule has 0 radical (unpaired) electrons. The quantitative estimate of drug-likeness (QED) is 0.444. The molecule has 3 rings (SSSR count). The first-order chi connectivity index (χ1) is 13.5. The van der Waals surface area contributed by atoms with E-state index in [1.807, 2.05) is 30.3 Å². The number of aromatic nitrogens is 1. The van der Waals surface area contributed by atoms with E-state index in [1.165, 1.54) is 41.2 Å². The summed E-state index contributed by atoms with van der Waals surface area (Å²) in [6, 6.07) is 12.5. The Morgan fingerprint density at radius 1 is 1.11 bits per heavy atom. The molecule has 0 spiro atoms. The van der Waals surface area contributed by atoms with E-state index in [4.69, 9.17) is 12.2 Å². The Kier molecular flexibility index (Phi) is 6.51. The predicted octanol–water partition coefficient (Wildman–Crippen LogP) is 2.13. The maximum atomic E-state index is 12.5. The minimum absolute atomic E-state index is 0.00167. The molecule has 142 valence electrons. The number of thiocarbonyl (C=S) groups is 1. The Hall–Kier alpha value is -3.04. The van der Waals surface area contributed by atoms with Gasteiger partial charge in [-0.05, 0) is 23.8 Å². The van der Waals surface area contributed by atoms with Crippen molar-refractivity contribution in [2.45, 2.75) is 6.42 Å². The van der Waals surface area contributed by atoms with Crippen LogP contribution in [0.3, 0.4) is 0 Å². The summed E-state index contributed by atoms with van der Waals surface area (Å²) >= 11 is 6.46. The third kappa shape index (κ3) is 5.02. The predicted molar refractivity (Wildman–Crippen MR) is 111 cm³/mol. The van der Waals surface area contributed by atoms with Crippen molar-refractivity contribution in [3.63, 3.8) is 0 Å². The molecule has 1 aliphatic heterocycles. The van der Waals surface area contributed by atoms with E-state index in [0.717, 1.165) is 5.56 Å². The Morgan fingerprint density at radius 3 is 2.54 bits per heavy atom. The maximum absolute atomic E-state index is 12.5. The minimum atomic E-state index is -0.452. The summed E-state index contributed by atoms with van der Waals surface area (Å²) in [5.74, 6) is -1.11. The van der Waals surface area contributed by atoms with E-state index in [1.54, 1.807) is 6.08 Å². The molecule has 0 bridgehead atoms. The smallest absolute Gasteiger partial charge is 0.269 e. The summed E-state index contributed by atoms with van der Waals surface area (Å²) < 4.78 is 0.404. The molecule has 3 amide bonds. The third-order valence-corrected chi connectivity index (χ3v) is 5.17. The fourth-order valence-electron chi connectivity index (χ4n) is 2.37. The number of carbonyl (C=O) groups excluding carboxylic acids is 3. The van der Waals surface area contributed by atoms with Crippen molar-refractivity contribution >= 4 is 52.1 Å². The normalized spacial score (nSPS) is 15.0. The van der Waals surface area contributed by atoms with Gasteiger partial charge in [-0.3, -0.25) is 35.1 Å². The number of nitrogens with one attached hydrogen (secondary N) is 2. The molecule has 1 aromatic heterocycles. The Labute approximate surface area is 171 Å². The SMILES string of the molecule is O=C(CCN1C(=O)/C(=C/c2ccccc2)SC1=S)NNC(=O)c1ccncc1. The van der Waals surface area contributed by atoms with Crippen molar-refractivity contribution in [1.29, 1.82) is 0 Å². The number of nitrogens with zero attached hydrogens (tertiary/aromatic N) is 2. The highest BCUT2D eigenvalue weighted by Crippen LogP contribution is 2.32. The van der Waals surface area contributed by atoms with Gasteiger partial charge in [0.15, 0.2) is 0 Å². The number of hydrogen-bond donors (Lipinski definition) is 2. The summed E-state index contributed by atoms with van der Waals surface area (Å²) in [6.45, 7) is 0.133. The van der Waals surface area contributed by atoms with Crippen LogP contribution < -0.4 is 10.9 Å². The summed E-state index contributed by atoms with van der Waals surface area (Å²) in [7, 11) is 0. The number of pyridine rings is 1. The lowest BCUT2D eigenvalue weighted by atomic mass is 10.2. The molecular weight excluding hydrogens is 396 g/mol. The molecule has 1 aromatic carbocycles. The molecule has 9 heteroatoms. The largest absolute Gasteiger partial charge is 0.292 e. The number of rotatable bonds is 5. The highest BCUT2D eigenvalue weighted by atomic mass is 32.2. The second kappa shape index (κ2) is 9.25. The van der Waals surface area contributed by atoms with Gasteiger partial charge in [0.05, 0.1) is 4.91 Å². The van der Waals surface area contributed by atoms with Crippen LogP contribution in [0.15, 0.2) is 59.8 Å². The van der Waals surface area contributed by atoms with Crippen molar-refractivity contribution in [2.75, 3.05) is 6.54 Å². The first-order valence-electron chi connectivity index (χ1n) is 8.34. The van der Waals surface area contributed by atoms with Gasteiger partial charge in [0.25, 0.3) is 11.8 Å². The van der Waals surface area contributed by atoms with Crippen LogP contribution in [-0.2, 0) is 9.59 Å². The van der Waals surface area contributed by atoms with Crippen molar-refractivity contribution in [2.24, 2.45) is 0 Å². The Bertz CT molecular complexity index is 933. The minimum Gasteiger partial charge on any atom is -0.292 e. The first-order valence-corrected chi connectivity index (χ1v) is 9.56. The van der Waals surface area contributed by atoms with Crippen LogP contribution >= 0.6 is 24.0 Å². The van der Waals surface area contributed by atoms with Crippen LogP contribution in [0.5, 0.6) is 0 Å². The van der Waals surface area contributed by atoms with Crippen molar-refractivity contribution < 1.29 is 14.4 Å². The van der Waals surface area contributed by atoms with E-state index < -0.39 is 11.8 Å². The Balaban J connectivity index is 1.50. The third-order valence-electron chi connectivity index (χ3n) is 3.79. The van der Waals surface area contributed by atoms with Gasteiger partial charge < -0.3 is 0 Å². The lowest BCUT2D eigenvalue weighted by Crippen LogP contribution is -2.43. The van der Waals surface area contributed by atoms with Crippen LogP contribution in [-0.4, -0.2) is 38.5 Å². The van der Waals surface area contributed by atoms with Crippen molar-refractivity contribution in [3.05, 3.63) is 70.9 Å². The molecule has 0 unspecified atom stereocenters. The van der Waals surface area contributed by atoms with Crippen LogP contribution in [0.1, 0.15) is 22.3 Å². The van der Waals surface area contributed by atoms with Crippen LogP contribution in [0.2, 0.25) is 0 Å². The molecule has 2 heterocycles. The number of carbonyl (C=O) groups is 3. The number of benzene rings is 1. The van der Waals surface area contributed by atoms with E-state index in [9.17, 15) is 14.4 Å². The summed E-state index contributed by atoms with van der Waals surface area (Å²) in [4.78, 5) is 42.1. The lowest BCUT2D eigenvalue weighted by Gasteiger charge is -2.14. The zero-order valence-electron chi connectivity index (χ0n) is 14.6. The summed E-state index contributed by atoms with van der Waals surface area (Å²) in [5, 5.41) is 0. The van der Waals surface area contributed by atoms with Crippen molar-refractivity contribution in [3.8, 4) is 0 Å². The van der Waals surface area contributed by atoms with E-state index in [0.29, 0.717) is 14.8 Å². The summed E-state index contributed by atoms with van der Waals surface area (Å²) in [6.07, 6.45) is 4.74. The topological polar surface area (TPSA) is 91.4 Å². The number of hydrogen-bond acceptors (Lipinski definition) is 6. The van der Waals surface area contributed by atoms with Crippen LogP contribution in [0, 0.1) is 0 Å². The van der Waals surface area contributed by atoms with Gasteiger partial charge in [-0.2, -0.15) is 0 Å². The molecule has 1 fully saturated rings. The van der Waals surface area contributed by atoms with Gasteiger partial charge in [0.2, 0.25) is 5.91 Å². The zero-order valence-corrected chi connectivity index (χ0v) is 16.3. The fraction of sp³-hybridized carbons (Fsp3) is 0.105. The first kappa shape index (κ1) is 19.7. The molecule has 7 nitrogen and oxygen atoms in total. The van der Waals surface area contributed by atoms with E-state index >= 15 is 0 Å². The number of hydrazine groups is 1. The maximum Gasteiger partial charge on any atom is 0.269 e. The molecule has 2 aromatic rings. The van der Waals surface area contributed by atoms with Gasteiger partial charge in [-0.1, -0.05) is 54.3 Å². The fourth-order valence-corrected chi connectivity index (χ4v) is 3.68. The molecular formula is C19H16N4O3S2. The van der Waals surface area contributed by atoms with E-state index in [-0.39, 0.29) is 18.9 Å². The molecule has 2 N–H and O–H groups in total. The van der Waals surface area contributed by atoms with E-state index in [2.05, 4.69) is 15.8 Å². The second-order valence-corrected chi connectivity index (χ2v) is 7.41. The average Bonchev–Trinajstić information content (AvgIpc) is 2.98. The highest BCUT2D eigenvalue weighted by Gasteiger charge is 2.32. The van der Waals surface area contributed by atoms with Gasteiger partial charge in [-0.25, -0.2) is 0 Å². The molecule has 1 saturated heterocycles. The molecule has 0 saturated carbocycles. The lowest BCUT2D eigenvalue weighted by molar-refractivity contribution is -0.124.